The number of carbonyl (C=O) groups excluding carboxylic acids is 1. The largest absolute Gasteiger partial charge is 0.418 e. The van der Waals surface area contributed by atoms with Crippen LogP contribution in [0.5, 0.6) is 0 Å². The third kappa shape index (κ3) is 4.61. The zero-order valence-corrected chi connectivity index (χ0v) is 12.0. The quantitative estimate of drug-likeness (QED) is 0.892. The summed E-state index contributed by atoms with van der Waals surface area (Å²) in [5, 5.41) is 5.50. The summed E-state index contributed by atoms with van der Waals surface area (Å²) in [5.74, 6) is -0.239. The van der Waals surface area contributed by atoms with Crippen molar-refractivity contribution in [1.29, 1.82) is 0 Å². The van der Waals surface area contributed by atoms with E-state index >= 15 is 0 Å². The molecule has 0 radical (unpaired) electrons. The second kappa shape index (κ2) is 6.66. The van der Waals surface area contributed by atoms with E-state index < -0.39 is 17.6 Å². The molecule has 1 unspecified atom stereocenters. The minimum atomic E-state index is -4.56. The van der Waals surface area contributed by atoms with Crippen LogP contribution in [0.3, 0.4) is 0 Å². The van der Waals surface area contributed by atoms with Crippen LogP contribution < -0.4 is 10.6 Å². The van der Waals surface area contributed by atoms with E-state index in [4.69, 9.17) is 11.6 Å². The maximum Gasteiger partial charge on any atom is 0.418 e. The van der Waals surface area contributed by atoms with E-state index in [2.05, 4.69) is 10.6 Å². The number of piperidine rings is 1. The van der Waals surface area contributed by atoms with Crippen molar-refractivity contribution >= 4 is 23.2 Å². The van der Waals surface area contributed by atoms with Gasteiger partial charge in [0.25, 0.3) is 0 Å². The Labute approximate surface area is 125 Å². The summed E-state index contributed by atoms with van der Waals surface area (Å²) in [5.41, 5.74) is -1.18. The molecule has 1 amide bonds. The first-order valence-electron chi connectivity index (χ1n) is 6.73. The van der Waals surface area contributed by atoms with Crippen molar-refractivity contribution in [2.24, 2.45) is 5.92 Å². The predicted octanol–water partition coefficient (Wildman–Crippen LogP) is 3.69. The number of halogens is 4. The number of anilines is 1. The van der Waals surface area contributed by atoms with Crippen molar-refractivity contribution in [2.45, 2.75) is 25.4 Å². The van der Waals surface area contributed by atoms with Gasteiger partial charge >= 0.3 is 6.18 Å². The van der Waals surface area contributed by atoms with Crippen LogP contribution in [0.4, 0.5) is 18.9 Å². The first kappa shape index (κ1) is 16.1. The highest BCUT2D eigenvalue weighted by molar-refractivity contribution is 6.30. The number of benzene rings is 1. The van der Waals surface area contributed by atoms with E-state index in [1.54, 1.807) is 0 Å². The minimum absolute atomic E-state index is 0.0168. The summed E-state index contributed by atoms with van der Waals surface area (Å²) < 4.78 is 38.8. The Kier molecular flexibility index (Phi) is 5.11. The molecule has 1 aliphatic heterocycles. The monoisotopic (exact) mass is 320 g/mol. The topological polar surface area (TPSA) is 41.1 Å². The Hall–Kier alpha value is -1.27. The smallest absolute Gasteiger partial charge is 0.325 e. The second-order valence-corrected chi connectivity index (χ2v) is 5.59. The van der Waals surface area contributed by atoms with E-state index in [1.165, 1.54) is 12.1 Å². The van der Waals surface area contributed by atoms with Gasteiger partial charge in [-0.1, -0.05) is 11.6 Å². The molecule has 1 atom stereocenters. The first-order chi connectivity index (χ1) is 9.86. The Morgan fingerprint density at radius 2 is 2.19 bits per heavy atom. The first-order valence-corrected chi connectivity index (χ1v) is 7.11. The highest BCUT2D eigenvalue weighted by Crippen LogP contribution is 2.36. The average Bonchev–Trinajstić information content (AvgIpc) is 2.40. The van der Waals surface area contributed by atoms with Crippen LogP contribution in [0.25, 0.3) is 0 Å². The van der Waals surface area contributed by atoms with E-state index in [0.29, 0.717) is 0 Å². The Morgan fingerprint density at radius 1 is 1.43 bits per heavy atom. The molecule has 116 valence electrons. The molecule has 2 N–H and O–H groups in total. The number of alkyl halides is 3. The van der Waals surface area contributed by atoms with Gasteiger partial charge in [0.15, 0.2) is 0 Å². The van der Waals surface area contributed by atoms with Crippen molar-refractivity contribution in [3.8, 4) is 0 Å². The van der Waals surface area contributed by atoms with Crippen LogP contribution in [0.1, 0.15) is 24.8 Å². The molecule has 1 aliphatic rings. The van der Waals surface area contributed by atoms with Crippen LogP contribution in [0.15, 0.2) is 18.2 Å². The molecule has 0 aromatic heterocycles. The van der Waals surface area contributed by atoms with Gasteiger partial charge in [0.05, 0.1) is 11.3 Å². The zero-order valence-electron chi connectivity index (χ0n) is 11.3. The van der Waals surface area contributed by atoms with Gasteiger partial charge < -0.3 is 10.6 Å². The van der Waals surface area contributed by atoms with Crippen molar-refractivity contribution in [1.82, 2.24) is 5.32 Å². The molecule has 1 saturated heterocycles. The lowest BCUT2D eigenvalue weighted by molar-refractivity contribution is -0.137. The summed E-state index contributed by atoms with van der Waals surface area (Å²) in [4.78, 5) is 11.9. The number of nitrogens with one attached hydrogen (secondary N) is 2. The molecule has 0 bridgehead atoms. The summed E-state index contributed by atoms with van der Waals surface area (Å²) in [6, 6.07) is 3.33. The Morgan fingerprint density at radius 3 is 2.81 bits per heavy atom. The molecule has 1 aromatic rings. The van der Waals surface area contributed by atoms with Crippen LogP contribution >= 0.6 is 11.6 Å². The molecule has 1 aromatic carbocycles. The van der Waals surface area contributed by atoms with Gasteiger partial charge in [-0.2, -0.15) is 13.2 Å². The minimum Gasteiger partial charge on any atom is -0.325 e. The lowest BCUT2D eigenvalue weighted by atomic mass is 9.96. The molecule has 1 heterocycles. The van der Waals surface area contributed by atoms with Gasteiger partial charge in [0.1, 0.15) is 0 Å². The lowest BCUT2D eigenvalue weighted by Gasteiger charge is -2.22. The lowest BCUT2D eigenvalue weighted by Crippen LogP contribution is -2.32. The standard InChI is InChI=1S/C14H16ClF3N2O/c15-10-3-4-12(11(7-10)14(16,17)18)20-13(21)6-9-2-1-5-19-8-9/h3-4,7,9,19H,1-2,5-6,8H2,(H,20,21). The predicted molar refractivity (Wildman–Crippen MR) is 75.3 cm³/mol. The van der Waals surface area contributed by atoms with E-state index in [-0.39, 0.29) is 23.0 Å². The fourth-order valence-electron chi connectivity index (χ4n) is 2.42. The molecule has 2 rings (SSSR count). The molecule has 0 spiro atoms. The van der Waals surface area contributed by atoms with E-state index in [0.717, 1.165) is 32.0 Å². The normalized spacial score (nSPS) is 19.3. The highest BCUT2D eigenvalue weighted by Gasteiger charge is 2.34. The number of hydrogen-bond donors (Lipinski definition) is 2. The fraction of sp³-hybridized carbons (Fsp3) is 0.500. The third-order valence-corrected chi connectivity index (χ3v) is 3.67. The van der Waals surface area contributed by atoms with Crippen LogP contribution in [-0.2, 0) is 11.0 Å². The Balaban J connectivity index is 2.06. The van der Waals surface area contributed by atoms with E-state index in [9.17, 15) is 18.0 Å². The van der Waals surface area contributed by atoms with Gasteiger partial charge in [-0.25, -0.2) is 0 Å². The van der Waals surface area contributed by atoms with Gasteiger partial charge in [0.2, 0.25) is 5.91 Å². The number of rotatable bonds is 3. The van der Waals surface area contributed by atoms with Crippen LogP contribution in [-0.4, -0.2) is 19.0 Å². The van der Waals surface area contributed by atoms with Gasteiger partial charge in [0, 0.05) is 11.4 Å². The summed E-state index contributed by atoms with van der Waals surface area (Å²) >= 11 is 5.59. The summed E-state index contributed by atoms with van der Waals surface area (Å²) in [6.45, 7) is 1.65. The van der Waals surface area contributed by atoms with Crippen LogP contribution in [0, 0.1) is 5.92 Å². The summed E-state index contributed by atoms with van der Waals surface area (Å²) in [7, 11) is 0. The molecule has 0 aliphatic carbocycles. The van der Waals surface area contributed by atoms with Crippen molar-refractivity contribution < 1.29 is 18.0 Å². The maximum absolute atomic E-state index is 12.9. The number of carbonyl (C=O) groups is 1. The van der Waals surface area contributed by atoms with Crippen LogP contribution in [0.2, 0.25) is 5.02 Å². The van der Waals surface area contributed by atoms with Crippen molar-refractivity contribution in [3.63, 3.8) is 0 Å². The van der Waals surface area contributed by atoms with Gasteiger partial charge in [-0.15, -0.1) is 0 Å². The SMILES string of the molecule is O=C(CC1CCCNC1)Nc1ccc(Cl)cc1C(F)(F)F. The van der Waals surface area contributed by atoms with Crippen molar-refractivity contribution in [3.05, 3.63) is 28.8 Å². The van der Waals surface area contributed by atoms with Gasteiger partial charge in [-0.3, -0.25) is 4.79 Å². The zero-order chi connectivity index (χ0) is 15.5. The molecular formula is C14H16ClF3N2O. The molecule has 3 nitrogen and oxygen atoms in total. The molecule has 7 heteroatoms. The molecular weight excluding hydrogens is 305 g/mol. The maximum atomic E-state index is 12.9. The highest BCUT2D eigenvalue weighted by atomic mass is 35.5. The van der Waals surface area contributed by atoms with Gasteiger partial charge in [-0.05, 0) is 50.0 Å². The molecule has 21 heavy (non-hydrogen) atoms. The third-order valence-electron chi connectivity index (χ3n) is 3.43. The van der Waals surface area contributed by atoms with Crippen molar-refractivity contribution in [2.75, 3.05) is 18.4 Å². The molecule has 0 saturated carbocycles. The Bertz CT molecular complexity index is 513. The number of amides is 1. The average molecular weight is 321 g/mol. The molecule has 1 fully saturated rings. The van der Waals surface area contributed by atoms with E-state index in [1.807, 2.05) is 0 Å². The second-order valence-electron chi connectivity index (χ2n) is 5.15. The number of hydrogen-bond acceptors (Lipinski definition) is 2. The fourth-order valence-corrected chi connectivity index (χ4v) is 2.59. The summed E-state index contributed by atoms with van der Waals surface area (Å²) in [6.07, 6.45) is -2.45.